The van der Waals surface area contributed by atoms with E-state index < -0.39 is 28.0 Å². The highest BCUT2D eigenvalue weighted by molar-refractivity contribution is 7.92. The average molecular weight is 597 g/mol. The number of fused-ring (bicyclic) bond motifs is 1. The Morgan fingerprint density at radius 2 is 1.95 bits per heavy atom. The summed E-state index contributed by atoms with van der Waals surface area (Å²) in [5, 5.41) is 10.3. The summed E-state index contributed by atoms with van der Waals surface area (Å²) in [5.74, 6) is -0.212. The fourth-order valence-corrected chi connectivity index (χ4v) is 5.74. The number of imidazole rings is 1. The van der Waals surface area contributed by atoms with E-state index in [0.29, 0.717) is 40.7 Å². The summed E-state index contributed by atoms with van der Waals surface area (Å²) in [7, 11) is -0.330. The predicted octanol–water partition coefficient (Wildman–Crippen LogP) is 4.28. The van der Waals surface area contributed by atoms with Crippen LogP contribution in [0.15, 0.2) is 36.7 Å². The molecule has 3 atom stereocenters. The second-order valence-electron chi connectivity index (χ2n) is 10.9. The molecule has 2 fully saturated rings. The van der Waals surface area contributed by atoms with E-state index in [-0.39, 0.29) is 18.5 Å². The van der Waals surface area contributed by atoms with Gasteiger partial charge in [0.2, 0.25) is 15.9 Å². The SMILES string of the molecule is Cc1nc2c(Nc3ccc(-c4cnn(C)c4)cc3N(C)S(C)(=O)=O)cc(NC(=O)[C@@H]3C[C@@H]3F)nc2n1C1CCCCO1. The van der Waals surface area contributed by atoms with Crippen LogP contribution in [0.2, 0.25) is 0 Å². The third-order valence-electron chi connectivity index (χ3n) is 7.71. The molecule has 1 unspecified atom stereocenters. The van der Waals surface area contributed by atoms with Gasteiger partial charge in [-0.3, -0.25) is 18.3 Å². The van der Waals surface area contributed by atoms with Gasteiger partial charge >= 0.3 is 0 Å². The highest BCUT2D eigenvalue weighted by Gasteiger charge is 2.44. The highest BCUT2D eigenvalue weighted by atomic mass is 32.2. The largest absolute Gasteiger partial charge is 0.358 e. The van der Waals surface area contributed by atoms with Gasteiger partial charge in [-0.05, 0) is 50.3 Å². The van der Waals surface area contributed by atoms with Crippen molar-refractivity contribution in [3.05, 3.63) is 42.5 Å². The number of anilines is 4. The first-order valence-electron chi connectivity index (χ1n) is 13.8. The number of pyridine rings is 1. The molecular weight excluding hydrogens is 563 g/mol. The van der Waals surface area contributed by atoms with Gasteiger partial charge in [0.1, 0.15) is 29.6 Å². The van der Waals surface area contributed by atoms with Gasteiger partial charge in [0.15, 0.2) is 5.65 Å². The molecule has 3 aromatic heterocycles. The van der Waals surface area contributed by atoms with Gasteiger partial charge in [-0.1, -0.05) is 6.07 Å². The molecule has 4 heterocycles. The minimum Gasteiger partial charge on any atom is -0.358 e. The first-order valence-corrected chi connectivity index (χ1v) is 15.6. The summed E-state index contributed by atoms with van der Waals surface area (Å²) >= 11 is 0. The monoisotopic (exact) mass is 596 g/mol. The average Bonchev–Trinajstić information content (AvgIpc) is 3.36. The number of carbonyl (C=O) groups is 1. The number of halogens is 1. The molecule has 222 valence electrons. The van der Waals surface area contributed by atoms with Crippen LogP contribution in [-0.2, 0) is 26.6 Å². The number of nitrogens with zero attached hydrogens (tertiary/aromatic N) is 6. The van der Waals surface area contributed by atoms with Crippen LogP contribution in [0.1, 0.15) is 37.7 Å². The van der Waals surface area contributed by atoms with Crippen molar-refractivity contribution >= 4 is 50.0 Å². The van der Waals surface area contributed by atoms with E-state index in [1.165, 1.54) is 11.4 Å². The van der Waals surface area contributed by atoms with Crippen molar-refractivity contribution in [3.63, 3.8) is 0 Å². The van der Waals surface area contributed by atoms with E-state index in [9.17, 15) is 17.6 Å². The minimum atomic E-state index is -3.62. The number of amides is 1. The zero-order valence-corrected chi connectivity index (χ0v) is 24.7. The lowest BCUT2D eigenvalue weighted by Gasteiger charge is -2.25. The number of hydrogen-bond donors (Lipinski definition) is 2. The van der Waals surface area contributed by atoms with Crippen molar-refractivity contribution in [3.8, 4) is 11.1 Å². The molecule has 4 aromatic rings. The van der Waals surface area contributed by atoms with Crippen LogP contribution in [0.3, 0.4) is 0 Å². The normalized spacial score (nSPS) is 20.5. The second kappa shape index (κ2) is 10.7. The number of benzene rings is 1. The molecule has 0 spiro atoms. The van der Waals surface area contributed by atoms with E-state index in [0.717, 1.165) is 36.6 Å². The number of rotatable bonds is 8. The Hall–Kier alpha value is -4.04. The Labute approximate surface area is 242 Å². The number of hydrogen-bond acceptors (Lipinski definition) is 8. The van der Waals surface area contributed by atoms with Gasteiger partial charge in [-0.15, -0.1) is 0 Å². The Kier molecular flexibility index (Phi) is 7.13. The molecule has 1 aliphatic heterocycles. The molecule has 0 bridgehead atoms. The van der Waals surface area contributed by atoms with Gasteiger partial charge in [0, 0.05) is 38.5 Å². The van der Waals surface area contributed by atoms with Gasteiger partial charge in [0.25, 0.3) is 0 Å². The zero-order valence-electron chi connectivity index (χ0n) is 23.8. The van der Waals surface area contributed by atoms with Gasteiger partial charge in [-0.25, -0.2) is 22.8 Å². The fraction of sp³-hybridized carbons (Fsp3) is 0.429. The molecule has 14 heteroatoms. The summed E-state index contributed by atoms with van der Waals surface area (Å²) in [4.78, 5) is 22.2. The maximum Gasteiger partial charge on any atom is 0.232 e. The van der Waals surface area contributed by atoms with Crippen LogP contribution in [0.25, 0.3) is 22.3 Å². The summed E-state index contributed by atoms with van der Waals surface area (Å²) in [6, 6.07) is 7.06. The first-order chi connectivity index (χ1) is 20.0. The molecule has 6 rings (SSSR count). The van der Waals surface area contributed by atoms with Crippen molar-refractivity contribution < 1.29 is 22.3 Å². The van der Waals surface area contributed by atoms with Crippen molar-refractivity contribution in [1.29, 1.82) is 0 Å². The summed E-state index contributed by atoms with van der Waals surface area (Å²) in [6.45, 7) is 2.49. The van der Waals surface area contributed by atoms with Crippen LogP contribution < -0.4 is 14.9 Å². The minimum absolute atomic E-state index is 0.191. The molecule has 1 saturated carbocycles. The predicted molar refractivity (Wildman–Crippen MR) is 158 cm³/mol. The lowest BCUT2D eigenvalue weighted by Crippen LogP contribution is -2.25. The molecule has 1 aliphatic carbocycles. The standard InChI is InChI=1S/C28H33FN8O4S/c1-16-31-26-22(32-21-9-8-17(18-14-30-35(2)15-18)11-23(21)36(3)42(4,39)40)13-24(34-28(38)19-12-20(19)29)33-27(26)37(16)25-7-5-6-10-41-25/h8-9,11,13-15,19-20,25H,5-7,10,12H2,1-4H3,(H2,32,33,34,38)/t19-,20+,25?/m1/s1. The summed E-state index contributed by atoms with van der Waals surface area (Å²) in [6.07, 6.45) is 6.22. The number of alkyl halides is 1. The molecule has 2 N–H and O–H groups in total. The Balaban J connectivity index is 1.46. The number of nitrogens with one attached hydrogen (secondary N) is 2. The van der Waals surface area contributed by atoms with Crippen molar-refractivity contribution in [2.75, 3.05) is 34.8 Å². The van der Waals surface area contributed by atoms with Crippen LogP contribution >= 0.6 is 0 Å². The van der Waals surface area contributed by atoms with E-state index >= 15 is 0 Å². The molecule has 1 aromatic carbocycles. The second-order valence-corrected chi connectivity index (χ2v) is 12.9. The molecular formula is C28H33FN8O4S. The van der Waals surface area contributed by atoms with Gasteiger partial charge in [-0.2, -0.15) is 5.10 Å². The molecule has 2 aliphatic rings. The van der Waals surface area contributed by atoms with E-state index in [1.54, 1.807) is 29.1 Å². The lowest BCUT2D eigenvalue weighted by molar-refractivity contribution is -0.117. The van der Waals surface area contributed by atoms with Gasteiger partial charge in [0.05, 0.1) is 35.4 Å². The number of ether oxygens (including phenoxy) is 1. The van der Waals surface area contributed by atoms with Gasteiger partial charge < -0.3 is 15.4 Å². The Bertz CT molecular complexity index is 1780. The number of aromatic nitrogens is 5. The van der Waals surface area contributed by atoms with Crippen molar-refractivity contribution in [2.45, 2.75) is 45.0 Å². The third-order valence-corrected chi connectivity index (χ3v) is 8.90. The molecule has 1 saturated heterocycles. The lowest BCUT2D eigenvalue weighted by atomic mass is 10.1. The number of carbonyl (C=O) groups excluding carboxylic acids is 1. The van der Waals surface area contributed by atoms with E-state index in [2.05, 4.69) is 15.7 Å². The Morgan fingerprint density at radius 3 is 2.60 bits per heavy atom. The maximum atomic E-state index is 13.6. The fourth-order valence-electron chi connectivity index (χ4n) is 5.23. The van der Waals surface area contributed by atoms with Crippen LogP contribution in [-0.4, -0.2) is 64.7 Å². The van der Waals surface area contributed by atoms with Crippen molar-refractivity contribution in [2.24, 2.45) is 13.0 Å². The van der Waals surface area contributed by atoms with Crippen LogP contribution in [0.5, 0.6) is 0 Å². The number of aryl methyl sites for hydroxylation is 2. The smallest absolute Gasteiger partial charge is 0.232 e. The molecule has 0 radical (unpaired) electrons. The summed E-state index contributed by atoms with van der Waals surface area (Å²) in [5.41, 5.74) is 4.03. The maximum absolute atomic E-state index is 13.6. The van der Waals surface area contributed by atoms with Crippen LogP contribution in [0.4, 0.5) is 27.3 Å². The quantitative estimate of drug-likeness (QED) is 0.308. The number of sulfonamides is 1. The van der Waals surface area contributed by atoms with Crippen LogP contribution in [0, 0.1) is 12.8 Å². The summed E-state index contributed by atoms with van der Waals surface area (Å²) < 4.78 is 49.8. The first kappa shape index (κ1) is 28.1. The van der Waals surface area contributed by atoms with E-state index in [4.69, 9.17) is 14.7 Å². The highest BCUT2D eigenvalue weighted by Crippen LogP contribution is 2.39. The molecule has 1 amide bonds. The Morgan fingerprint density at radius 1 is 1.17 bits per heavy atom. The zero-order chi connectivity index (χ0) is 29.8. The topological polar surface area (TPSA) is 136 Å². The third kappa shape index (κ3) is 5.43. The van der Waals surface area contributed by atoms with Crippen molar-refractivity contribution in [1.82, 2.24) is 24.3 Å². The molecule has 12 nitrogen and oxygen atoms in total. The molecule has 42 heavy (non-hydrogen) atoms. The van der Waals surface area contributed by atoms with E-state index in [1.807, 2.05) is 30.8 Å².